The first-order valence-electron chi connectivity index (χ1n) is 4.76. The molecule has 0 aromatic heterocycles. The van der Waals surface area contributed by atoms with Crippen molar-refractivity contribution in [2.75, 3.05) is 13.4 Å². The number of benzene rings is 1. The van der Waals surface area contributed by atoms with Crippen molar-refractivity contribution in [3.63, 3.8) is 0 Å². The van der Waals surface area contributed by atoms with Crippen molar-refractivity contribution in [2.45, 2.75) is 4.90 Å². The van der Waals surface area contributed by atoms with Gasteiger partial charge in [-0.25, -0.2) is 4.79 Å². The molecule has 90 valence electrons. The van der Waals surface area contributed by atoms with E-state index < -0.39 is 11.8 Å². The van der Waals surface area contributed by atoms with Gasteiger partial charge in [0.2, 0.25) is 0 Å². The number of esters is 1. The first-order valence-corrected chi connectivity index (χ1v) is 5.98. The Balaban J connectivity index is 2.88. The van der Waals surface area contributed by atoms with Crippen LogP contribution in [-0.2, 0) is 14.3 Å². The van der Waals surface area contributed by atoms with E-state index in [0.717, 1.165) is 18.1 Å². The van der Waals surface area contributed by atoms with E-state index in [2.05, 4.69) is 4.74 Å². The Labute approximate surface area is 103 Å². The highest BCUT2D eigenvalue weighted by Gasteiger charge is 2.12. The number of rotatable bonds is 4. The minimum Gasteiger partial charge on any atom is -0.507 e. The number of ketones is 1. The number of thioether (sulfide) groups is 1. The molecule has 0 spiro atoms. The average molecular weight is 252 g/mol. The lowest BCUT2D eigenvalue weighted by Crippen LogP contribution is -2.13. The number of carbonyl (C=O) groups excluding carboxylic acids is 2. The summed E-state index contributed by atoms with van der Waals surface area (Å²) in [6, 6.07) is 6.96. The molecule has 0 heterocycles. The van der Waals surface area contributed by atoms with E-state index in [-0.39, 0.29) is 5.76 Å². The van der Waals surface area contributed by atoms with Gasteiger partial charge in [0.1, 0.15) is 5.76 Å². The number of aliphatic hydroxyl groups excluding tert-OH is 1. The van der Waals surface area contributed by atoms with Crippen LogP contribution in [0.4, 0.5) is 0 Å². The minimum atomic E-state index is -1.00. The molecular weight excluding hydrogens is 240 g/mol. The number of ether oxygens (including phenoxy) is 1. The smallest absolute Gasteiger partial charge is 0.378 e. The van der Waals surface area contributed by atoms with Gasteiger partial charge in [0.25, 0.3) is 5.78 Å². The standard InChI is InChI=1S/C12H12O4S/c1-16-12(15)11(14)7-10(13)8-3-5-9(17-2)6-4-8/h3-7,13H,1-2H3/b10-7-. The lowest BCUT2D eigenvalue weighted by Gasteiger charge is -2.01. The van der Waals surface area contributed by atoms with Crippen LogP contribution < -0.4 is 0 Å². The fourth-order valence-corrected chi connectivity index (χ4v) is 1.54. The van der Waals surface area contributed by atoms with Gasteiger partial charge >= 0.3 is 5.97 Å². The van der Waals surface area contributed by atoms with E-state index in [1.54, 1.807) is 23.9 Å². The maximum absolute atomic E-state index is 11.2. The second-order valence-corrected chi connectivity index (χ2v) is 3.99. The Hall–Kier alpha value is -1.75. The van der Waals surface area contributed by atoms with E-state index >= 15 is 0 Å². The normalized spacial score (nSPS) is 11.1. The molecular formula is C12H12O4S. The van der Waals surface area contributed by atoms with Crippen LogP contribution in [0.25, 0.3) is 5.76 Å². The lowest BCUT2D eigenvalue weighted by atomic mass is 10.1. The van der Waals surface area contributed by atoms with Gasteiger partial charge < -0.3 is 9.84 Å². The summed E-state index contributed by atoms with van der Waals surface area (Å²) in [6.45, 7) is 0. The molecule has 5 heteroatoms. The van der Waals surface area contributed by atoms with Gasteiger partial charge in [-0.05, 0) is 18.4 Å². The monoisotopic (exact) mass is 252 g/mol. The van der Waals surface area contributed by atoms with Gasteiger partial charge in [0, 0.05) is 16.5 Å². The topological polar surface area (TPSA) is 63.6 Å². The van der Waals surface area contributed by atoms with Crippen LogP contribution in [0.2, 0.25) is 0 Å². The van der Waals surface area contributed by atoms with Crippen molar-refractivity contribution in [3.05, 3.63) is 35.9 Å². The molecule has 0 saturated heterocycles. The molecule has 1 aromatic rings. The second-order valence-electron chi connectivity index (χ2n) is 3.11. The molecule has 0 radical (unpaired) electrons. The molecule has 0 unspecified atom stereocenters. The number of aliphatic hydroxyl groups is 1. The predicted octanol–water partition coefficient (Wildman–Crippen LogP) is 2.05. The summed E-state index contributed by atoms with van der Waals surface area (Å²) in [4.78, 5) is 23.1. The zero-order valence-corrected chi connectivity index (χ0v) is 10.3. The molecule has 0 amide bonds. The summed E-state index contributed by atoms with van der Waals surface area (Å²) in [6.07, 6.45) is 2.78. The zero-order valence-electron chi connectivity index (χ0n) is 9.47. The molecule has 0 bridgehead atoms. The Morgan fingerprint density at radius 1 is 1.29 bits per heavy atom. The van der Waals surface area contributed by atoms with E-state index in [0.29, 0.717) is 5.56 Å². The van der Waals surface area contributed by atoms with E-state index in [4.69, 9.17) is 0 Å². The summed E-state index contributed by atoms with van der Waals surface area (Å²) in [5, 5.41) is 9.62. The van der Waals surface area contributed by atoms with Crippen molar-refractivity contribution in [1.29, 1.82) is 0 Å². The zero-order chi connectivity index (χ0) is 12.8. The largest absolute Gasteiger partial charge is 0.507 e. The number of hydrogen-bond acceptors (Lipinski definition) is 5. The van der Waals surface area contributed by atoms with Crippen molar-refractivity contribution in [3.8, 4) is 0 Å². The second kappa shape index (κ2) is 6.10. The molecule has 1 rings (SSSR count). The highest BCUT2D eigenvalue weighted by molar-refractivity contribution is 7.98. The summed E-state index contributed by atoms with van der Waals surface area (Å²) in [7, 11) is 1.11. The first kappa shape index (κ1) is 13.3. The van der Waals surface area contributed by atoms with Gasteiger partial charge in [-0.3, -0.25) is 4.79 Å². The predicted molar refractivity (Wildman–Crippen MR) is 65.9 cm³/mol. The molecule has 17 heavy (non-hydrogen) atoms. The van der Waals surface area contributed by atoms with Crippen molar-refractivity contribution < 1.29 is 19.4 Å². The molecule has 4 nitrogen and oxygen atoms in total. The Morgan fingerprint density at radius 3 is 2.35 bits per heavy atom. The van der Waals surface area contributed by atoms with Gasteiger partial charge in [-0.2, -0.15) is 0 Å². The summed E-state index contributed by atoms with van der Waals surface area (Å²) in [5.41, 5.74) is 0.472. The Kier molecular flexibility index (Phi) is 4.78. The Morgan fingerprint density at radius 2 is 1.88 bits per heavy atom. The third-order valence-electron chi connectivity index (χ3n) is 2.04. The highest BCUT2D eigenvalue weighted by Crippen LogP contribution is 2.18. The molecule has 0 aliphatic carbocycles. The van der Waals surface area contributed by atoms with E-state index in [9.17, 15) is 14.7 Å². The highest BCUT2D eigenvalue weighted by atomic mass is 32.2. The van der Waals surface area contributed by atoms with Gasteiger partial charge in [0.15, 0.2) is 0 Å². The first-order chi connectivity index (χ1) is 8.08. The van der Waals surface area contributed by atoms with Crippen LogP contribution >= 0.6 is 11.8 Å². The van der Waals surface area contributed by atoms with Crippen LogP contribution in [0.1, 0.15) is 5.56 Å². The van der Waals surface area contributed by atoms with Crippen LogP contribution in [0.3, 0.4) is 0 Å². The molecule has 1 N–H and O–H groups in total. The molecule has 0 saturated carbocycles. The van der Waals surface area contributed by atoms with Crippen molar-refractivity contribution in [1.82, 2.24) is 0 Å². The van der Waals surface area contributed by atoms with Crippen LogP contribution in [0.5, 0.6) is 0 Å². The molecule has 1 aromatic carbocycles. The molecule has 0 fully saturated rings. The maximum atomic E-state index is 11.2. The lowest BCUT2D eigenvalue weighted by molar-refractivity contribution is -0.149. The van der Waals surface area contributed by atoms with Gasteiger partial charge in [-0.1, -0.05) is 12.1 Å². The van der Waals surface area contributed by atoms with Crippen LogP contribution in [0.15, 0.2) is 35.2 Å². The number of hydrogen-bond donors (Lipinski definition) is 1. The van der Waals surface area contributed by atoms with E-state index in [1.807, 2.05) is 18.4 Å². The van der Waals surface area contributed by atoms with Crippen LogP contribution in [0, 0.1) is 0 Å². The quantitative estimate of drug-likeness (QED) is 0.292. The minimum absolute atomic E-state index is 0.256. The van der Waals surface area contributed by atoms with Crippen LogP contribution in [-0.4, -0.2) is 30.2 Å². The van der Waals surface area contributed by atoms with Crippen molar-refractivity contribution >= 4 is 29.3 Å². The summed E-state index contributed by atoms with van der Waals surface area (Å²) < 4.78 is 4.24. The SMILES string of the molecule is COC(=O)C(=O)/C=C(\O)c1ccc(SC)cc1. The fraction of sp³-hybridized carbons (Fsp3) is 0.167. The average Bonchev–Trinajstić information content (AvgIpc) is 2.37. The van der Waals surface area contributed by atoms with Crippen molar-refractivity contribution in [2.24, 2.45) is 0 Å². The van der Waals surface area contributed by atoms with Gasteiger partial charge in [0.05, 0.1) is 7.11 Å². The molecule has 0 aliphatic rings. The van der Waals surface area contributed by atoms with Gasteiger partial charge in [-0.15, -0.1) is 11.8 Å². The number of carbonyl (C=O) groups is 2. The fourth-order valence-electron chi connectivity index (χ4n) is 1.13. The third-order valence-corrected chi connectivity index (χ3v) is 2.78. The Bertz CT molecular complexity index is 448. The molecule has 0 atom stereocenters. The molecule has 0 aliphatic heterocycles. The summed E-state index contributed by atoms with van der Waals surface area (Å²) in [5.74, 6) is -2.15. The number of methoxy groups -OCH3 is 1. The maximum Gasteiger partial charge on any atom is 0.378 e. The summed E-state index contributed by atoms with van der Waals surface area (Å²) >= 11 is 1.57. The van der Waals surface area contributed by atoms with E-state index in [1.165, 1.54) is 0 Å². The third kappa shape index (κ3) is 3.64.